The number of rotatable bonds is 4. The van der Waals surface area contributed by atoms with Gasteiger partial charge in [-0.2, -0.15) is 0 Å². The van der Waals surface area contributed by atoms with Crippen molar-refractivity contribution in [2.75, 3.05) is 5.43 Å². The molecule has 0 radical (unpaired) electrons. The van der Waals surface area contributed by atoms with E-state index in [0.717, 1.165) is 17.7 Å². The van der Waals surface area contributed by atoms with Crippen LogP contribution in [0.5, 0.6) is 0 Å². The number of aromatic nitrogens is 2. The van der Waals surface area contributed by atoms with E-state index in [-0.39, 0.29) is 16.5 Å². The average molecular weight is 303 g/mol. The molecule has 1 aromatic heterocycles. The fourth-order valence-corrected chi connectivity index (χ4v) is 3.36. The number of fused-ring (bicyclic) bond motifs is 1. The number of aryl methyl sites for hydroxylation is 2. The predicted octanol–water partition coefficient (Wildman–Crippen LogP) is 2.31. The summed E-state index contributed by atoms with van der Waals surface area (Å²) in [6, 6.07) is 6.13. The van der Waals surface area contributed by atoms with Crippen LogP contribution in [0.3, 0.4) is 0 Å². The number of anilines is 1. The molecule has 0 atom stereocenters. The molecule has 0 amide bonds. The summed E-state index contributed by atoms with van der Waals surface area (Å²) in [5.41, 5.74) is 4.71. The van der Waals surface area contributed by atoms with Gasteiger partial charge in [0.05, 0.1) is 4.92 Å². The maximum atomic E-state index is 11.2. The van der Waals surface area contributed by atoms with Crippen LogP contribution in [-0.2, 0) is 12.8 Å². The van der Waals surface area contributed by atoms with Gasteiger partial charge in [-0.3, -0.25) is 10.1 Å². The molecule has 0 spiro atoms. The second-order valence-electron chi connectivity index (χ2n) is 4.66. The van der Waals surface area contributed by atoms with Crippen LogP contribution in [0.25, 0.3) is 0 Å². The number of hydrazine groups is 1. The first kappa shape index (κ1) is 13.8. The molecule has 21 heavy (non-hydrogen) atoms. The van der Waals surface area contributed by atoms with Crippen LogP contribution >= 0.6 is 11.8 Å². The molecule has 0 saturated heterocycles. The van der Waals surface area contributed by atoms with E-state index >= 15 is 0 Å². The summed E-state index contributed by atoms with van der Waals surface area (Å²) in [5.74, 6) is 5.28. The van der Waals surface area contributed by atoms with Crippen LogP contribution in [0.15, 0.2) is 34.4 Å². The molecule has 8 heteroatoms. The average Bonchev–Trinajstić information content (AvgIpc) is 2.94. The lowest BCUT2D eigenvalue weighted by Gasteiger charge is -2.06. The maximum absolute atomic E-state index is 11.2. The van der Waals surface area contributed by atoms with E-state index < -0.39 is 4.92 Å². The predicted molar refractivity (Wildman–Crippen MR) is 79.1 cm³/mol. The maximum Gasteiger partial charge on any atom is 0.344 e. The minimum Gasteiger partial charge on any atom is -0.303 e. The Morgan fingerprint density at radius 1 is 1.29 bits per heavy atom. The molecule has 3 N–H and O–H groups in total. The number of nitrogen functional groups attached to an aromatic ring is 1. The fourth-order valence-electron chi connectivity index (χ4n) is 2.43. The van der Waals surface area contributed by atoms with E-state index in [1.165, 1.54) is 35.6 Å². The van der Waals surface area contributed by atoms with Gasteiger partial charge in [0.25, 0.3) is 0 Å². The first-order valence-electron chi connectivity index (χ1n) is 6.44. The molecular weight excluding hydrogens is 290 g/mol. The lowest BCUT2D eigenvalue weighted by Crippen LogP contribution is -2.12. The number of benzene rings is 1. The molecule has 1 aliphatic rings. The number of hydrogen-bond acceptors (Lipinski definition) is 7. The zero-order valence-electron chi connectivity index (χ0n) is 11.1. The SMILES string of the molecule is NNc1ncnc(Sc2ccc3c(c2)CCC3)c1[N+](=O)[O-]. The van der Waals surface area contributed by atoms with E-state index in [4.69, 9.17) is 5.84 Å². The zero-order chi connectivity index (χ0) is 14.8. The van der Waals surface area contributed by atoms with E-state index in [1.807, 2.05) is 6.07 Å². The Labute approximate surface area is 125 Å². The summed E-state index contributed by atoms with van der Waals surface area (Å²) >= 11 is 1.25. The minimum absolute atomic E-state index is 0.0126. The molecule has 7 nitrogen and oxygen atoms in total. The summed E-state index contributed by atoms with van der Waals surface area (Å²) in [4.78, 5) is 19.4. The molecule has 0 fully saturated rings. The molecule has 0 bridgehead atoms. The van der Waals surface area contributed by atoms with Crippen LogP contribution < -0.4 is 11.3 Å². The molecule has 0 unspecified atom stereocenters. The van der Waals surface area contributed by atoms with E-state index in [1.54, 1.807) is 0 Å². The molecule has 1 heterocycles. The molecule has 108 valence electrons. The van der Waals surface area contributed by atoms with Gasteiger partial charge in [0, 0.05) is 4.90 Å². The fraction of sp³-hybridized carbons (Fsp3) is 0.231. The summed E-state index contributed by atoms with van der Waals surface area (Å²) in [7, 11) is 0. The molecular formula is C13H13N5O2S. The molecule has 2 aromatic rings. The van der Waals surface area contributed by atoms with Crippen molar-refractivity contribution in [3.05, 3.63) is 45.8 Å². The van der Waals surface area contributed by atoms with Crippen molar-refractivity contribution in [2.24, 2.45) is 5.84 Å². The zero-order valence-corrected chi connectivity index (χ0v) is 11.9. The lowest BCUT2D eigenvalue weighted by atomic mass is 10.1. The van der Waals surface area contributed by atoms with E-state index in [2.05, 4.69) is 27.5 Å². The van der Waals surface area contributed by atoms with Crippen LogP contribution in [0.1, 0.15) is 17.5 Å². The third-order valence-electron chi connectivity index (χ3n) is 3.39. The Bertz CT molecular complexity index is 707. The first-order valence-corrected chi connectivity index (χ1v) is 7.26. The molecule has 1 aliphatic carbocycles. The molecule has 1 aromatic carbocycles. The Balaban J connectivity index is 1.96. The lowest BCUT2D eigenvalue weighted by molar-refractivity contribution is -0.387. The van der Waals surface area contributed by atoms with E-state index in [0.29, 0.717) is 0 Å². The van der Waals surface area contributed by atoms with Crippen molar-refractivity contribution < 1.29 is 4.92 Å². The van der Waals surface area contributed by atoms with Gasteiger partial charge < -0.3 is 5.43 Å². The second kappa shape index (κ2) is 5.66. The van der Waals surface area contributed by atoms with Crippen molar-refractivity contribution in [3.63, 3.8) is 0 Å². The van der Waals surface area contributed by atoms with Crippen molar-refractivity contribution in [1.82, 2.24) is 9.97 Å². The number of nitrogens with two attached hydrogens (primary N) is 1. The van der Waals surface area contributed by atoms with Gasteiger partial charge in [0.15, 0.2) is 5.03 Å². The summed E-state index contributed by atoms with van der Waals surface area (Å²) < 4.78 is 0. The van der Waals surface area contributed by atoms with Crippen LogP contribution in [0.4, 0.5) is 11.5 Å². The monoisotopic (exact) mass is 303 g/mol. The summed E-state index contributed by atoms with van der Waals surface area (Å²) in [5, 5.41) is 11.5. The highest BCUT2D eigenvalue weighted by molar-refractivity contribution is 7.99. The third kappa shape index (κ3) is 2.67. The number of hydrogen-bond donors (Lipinski definition) is 2. The van der Waals surface area contributed by atoms with Crippen molar-refractivity contribution >= 4 is 23.3 Å². The van der Waals surface area contributed by atoms with Crippen LogP contribution in [0, 0.1) is 10.1 Å². The van der Waals surface area contributed by atoms with E-state index in [9.17, 15) is 10.1 Å². The van der Waals surface area contributed by atoms with Crippen molar-refractivity contribution in [1.29, 1.82) is 0 Å². The summed E-state index contributed by atoms with van der Waals surface area (Å²) in [6.07, 6.45) is 4.59. The number of nitro groups is 1. The van der Waals surface area contributed by atoms with Gasteiger partial charge in [0.2, 0.25) is 5.82 Å². The van der Waals surface area contributed by atoms with Crippen molar-refractivity contribution in [2.45, 2.75) is 29.2 Å². The van der Waals surface area contributed by atoms with Gasteiger partial charge in [-0.05, 0) is 42.5 Å². The molecule has 0 aliphatic heterocycles. The van der Waals surface area contributed by atoms with Crippen LogP contribution in [0.2, 0.25) is 0 Å². The van der Waals surface area contributed by atoms with Crippen LogP contribution in [-0.4, -0.2) is 14.9 Å². The Morgan fingerprint density at radius 2 is 2.10 bits per heavy atom. The standard InChI is InChI=1S/C13H13N5O2S/c14-17-12-11(18(19)20)13(16-7-15-12)21-10-5-4-8-2-1-3-9(8)6-10/h4-7H,1-3,14H2,(H,15,16,17). The second-order valence-corrected chi connectivity index (χ2v) is 5.73. The normalized spacial score (nSPS) is 13.0. The Kier molecular flexibility index (Phi) is 3.72. The van der Waals surface area contributed by atoms with Crippen molar-refractivity contribution in [3.8, 4) is 0 Å². The molecule has 0 saturated carbocycles. The highest BCUT2D eigenvalue weighted by Gasteiger charge is 2.23. The summed E-state index contributed by atoms with van der Waals surface area (Å²) in [6.45, 7) is 0. The highest BCUT2D eigenvalue weighted by Crippen LogP contribution is 2.37. The number of nitrogens with zero attached hydrogens (tertiary/aromatic N) is 3. The Hall–Kier alpha value is -2.19. The minimum atomic E-state index is -0.523. The first-order chi connectivity index (χ1) is 10.2. The quantitative estimate of drug-likeness (QED) is 0.386. The Morgan fingerprint density at radius 3 is 2.86 bits per heavy atom. The highest BCUT2D eigenvalue weighted by atomic mass is 32.2. The number of nitrogens with one attached hydrogen (secondary N) is 1. The topological polar surface area (TPSA) is 107 Å². The van der Waals surface area contributed by atoms with Gasteiger partial charge in [-0.15, -0.1) is 0 Å². The smallest absolute Gasteiger partial charge is 0.303 e. The van der Waals surface area contributed by atoms with Gasteiger partial charge in [-0.1, -0.05) is 17.8 Å². The largest absolute Gasteiger partial charge is 0.344 e. The molecule has 3 rings (SSSR count). The van der Waals surface area contributed by atoms with Gasteiger partial charge >= 0.3 is 5.69 Å². The van der Waals surface area contributed by atoms with Gasteiger partial charge in [-0.25, -0.2) is 15.8 Å². The third-order valence-corrected chi connectivity index (χ3v) is 4.37. The van der Waals surface area contributed by atoms with Gasteiger partial charge in [0.1, 0.15) is 6.33 Å².